The van der Waals surface area contributed by atoms with E-state index in [4.69, 9.17) is 22.4 Å². The number of benzene rings is 1. The van der Waals surface area contributed by atoms with Crippen LogP contribution in [0, 0.1) is 0 Å². The molecule has 4 amide bonds. The number of aromatic carboxylic acids is 1. The summed E-state index contributed by atoms with van der Waals surface area (Å²) in [5.41, 5.74) is 4.83. The Morgan fingerprint density at radius 1 is 1.20 bits per heavy atom. The standard InChI is InChI=1S/C11H13ClN4O4/c12-6-1-2-8(7(5-6)9(17)18)16-11(20)15-4-3-14-10(13)19/h1-2,5H,3-4H2,(H,17,18)(H3,13,14,19)(H2,15,16,20). The molecule has 0 aliphatic rings. The van der Waals surface area contributed by atoms with Crippen LogP contribution >= 0.6 is 11.6 Å². The third-order valence-corrected chi connectivity index (χ3v) is 2.41. The molecule has 0 bridgehead atoms. The largest absolute Gasteiger partial charge is 0.478 e. The van der Waals surface area contributed by atoms with Gasteiger partial charge in [-0.05, 0) is 18.2 Å². The fraction of sp³-hybridized carbons (Fsp3) is 0.182. The van der Waals surface area contributed by atoms with E-state index >= 15 is 0 Å². The number of amides is 4. The molecule has 0 radical (unpaired) electrons. The Kier molecular flexibility index (Phi) is 5.60. The topological polar surface area (TPSA) is 134 Å². The third-order valence-electron chi connectivity index (χ3n) is 2.17. The van der Waals surface area contributed by atoms with Crippen LogP contribution in [-0.4, -0.2) is 36.2 Å². The van der Waals surface area contributed by atoms with Crippen molar-refractivity contribution in [2.45, 2.75) is 0 Å². The van der Waals surface area contributed by atoms with Crippen LogP contribution in [0.1, 0.15) is 10.4 Å². The summed E-state index contributed by atoms with van der Waals surface area (Å²) in [5, 5.41) is 16.3. The van der Waals surface area contributed by atoms with Crippen LogP contribution in [0.25, 0.3) is 0 Å². The monoisotopic (exact) mass is 300 g/mol. The summed E-state index contributed by atoms with van der Waals surface area (Å²) in [4.78, 5) is 32.9. The molecule has 1 rings (SSSR count). The highest BCUT2D eigenvalue weighted by Crippen LogP contribution is 2.20. The first-order chi connectivity index (χ1) is 9.40. The van der Waals surface area contributed by atoms with Crippen molar-refractivity contribution in [1.29, 1.82) is 0 Å². The Balaban J connectivity index is 2.57. The number of nitrogens with one attached hydrogen (secondary N) is 3. The zero-order valence-corrected chi connectivity index (χ0v) is 11.0. The van der Waals surface area contributed by atoms with Gasteiger partial charge in [0.1, 0.15) is 0 Å². The van der Waals surface area contributed by atoms with Gasteiger partial charge in [0.2, 0.25) is 0 Å². The lowest BCUT2D eigenvalue weighted by Crippen LogP contribution is -2.38. The molecule has 6 N–H and O–H groups in total. The summed E-state index contributed by atoms with van der Waals surface area (Å²) in [7, 11) is 0. The minimum Gasteiger partial charge on any atom is -0.478 e. The maximum atomic E-state index is 11.5. The second-order valence-corrected chi connectivity index (χ2v) is 4.10. The lowest BCUT2D eigenvalue weighted by atomic mass is 10.2. The number of anilines is 1. The molecule has 9 heteroatoms. The van der Waals surface area contributed by atoms with Gasteiger partial charge in [-0.25, -0.2) is 14.4 Å². The molecule has 1 aromatic carbocycles. The predicted molar refractivity (Wildman–Crippen MR) is 73.0 cm³/mol. The van der Waals surface area contributed by atoms with Crippen molar-refractivity contribution in [2.24, 2.45) is 5.73 Å². The highest BCUT2D eigenvalue weighted by Gasteiger charge is 2.12. The quantitative estimate of drug-likeness (QED) is 0.515. The number of hydrogen-bond acceptors (Lipinski definition) is 3. The van der Waals surface area contributed by atoms with E-state index in [2.05, 4.69) is 16.0 Å². The zero-order valence-electron chi connectivity index (χ0n) is 10.3. The molecule has 1 aromatic rings. The minimum absolute atomic E-state index is 0.113. The van der Waals surface area contributed by atoms with E-state index in [1.165, 1.54) is 18.2 Å². The summed E-state index contributed by atoms with van der Waals surface area (Å²) in [6.45, 7) is 0.305. The molecule has 0 aliphatic heterocycles. The van der Waals surface area contributed by atoms with Crippen molar-refractivity contribution in [1.82, 2.24) is 10.6 Å². The van der Waals surface area contributed by atoms with Gasteiger partial charge in [0.05, 0.1) is 11.3 Å². The molecule has 0 aliphatic carbocycles. The van der Waals surface area contributed by atoms with Gasteiger partial charge >= 0.3 is 18.0 Å². The highest BCUT2D eigenvalue weighted by atomic mass is 35.5. The number of urea groups is 2. The van der Waals surface area contributed by atoms with Crippen molar-refractivity contribution < 1.29 is 19.5 Å². The summed E-state index contributed by atoms with van der Waals surface area (Å²) < 4.78 is 0. The van der Waals surface area contributed by atoms with E-state index in [0.29, 0.717) is 0 Å². The number of nitrogens with two attached hydrogens (primary N) is 1. The van der Waals surface area contributed by atoms with E-state index in [9.17, 15) is 14.4 Å². The second-order valence-electron chi connectivity index (χ2n) is 3.67. The Hall–Kier alpha value is -2.48. The molecule has 0 unspecified atom stereocenters. The first-order valence-electron chi connectivity index (χ1n) is 5.51. The van der Waals surface area contributed by atoms with E-state index in [1.54, 1.807) is 0 Å². The molecule has 0 heterocycles. The first-order valence-corrected chi connectivity index (χ1v) is 5.89. The van der Waals surface area contributed by atoms with Crippen molar-refractivity contribution in [2.75, 3.05) is 18.4 Å². The fourth-order valence-electron chi connectivity index (χ4n) is 1.33. The summed E-state index contributed by atoms with van der Waals surface area (Å²) >= 11 is 5.69. The summed E-state index contributed by atoms with van der Waals surface area (Å²) in [6.07, 6.45) is 0. The lowest BCUT2D eigenvalue weighted by molar-refractivity contribution is 0.0698. The maximum absolute atomic E-state index is 11.5. The smallest absolute Gasteiger partial charge is 0.337 e. The number of hydrogen-bond donors (Lipinski definition) is 5. The van der Waals surface area contributed by atoms with Crippen LogP contribution in [0.15, 0.2) is 18.2 Å². The minimum atomic E-state index is -1.21. The Bertz CT molecular complexity index is 535. The van der Waals surface area contributed by atoms with Gasteiger partial charge in [0.25, 0.3) is 0 Å². The Morgan fingerprint density at radius 3 is 2.45 bits per heavy atom. The van der Waals surface area contributed by atoms with E-state index in [1.807, 2.05) is 0 Å². The third kappa shape index (κ3) is 5.02. The molecule has 0 aromatic heterocycles. The van der Waals surface area contributed by atoms with Crippen molar-refractivity contribution >= 4 is 35.3 Å². The van der Waals surface area contributed by atoms with Crippen molar-refractivity contribution in [3.05, 3.63) is 28.8 Å². The van der Waals surface area contributed by atoms with Gasteiger partial charge in [-0.1, -0.05) is 11.6 Å². The number of carbonyl (C=O) groups is 3. The molecular formula is C11H13ClN4O4. The predicted octanol–water partition coefficient (Wildman–Crippen LogP) is 0.828. The number of rotatable bonds is 5. The lowest BCUT2D eigenvalue weighted by Gasteiger charge is -2.10. The average molecular weight is 301 g/mol. The fourth-order valence-corrected chi connectivity index (χ4v) is 1.50. The average Bonchev–Trinajstić information content (AvgIpc) is 2.36. The van der Waals surface area contributed by atoms with Crippen LogP contribution < -0.4 is 21.7 Å². The first kappa shape index (κ1) is 15.6. The van der Waals surface area contributed by atoms with Crippen LogP contribution in [-0.2, 0) is 0 Å². The van der Waals surface area contributed by atoms with Gasteiger partial charge in [0, 0.05) is 18.1 Å². The summed E-state index contributed by atoms with van der Waals surface area (Å²) in [5.74, 6) is -1.21. The highest BCUT2D eigenvalue weighted by molar-refractivity contribution is 6.31. The normalized spacial score (nSPS) is 9.65. The number of carbonyl (C=O) groups excluding carboxylic acids is 2. The van der Waals surface area contributed by atoms with Crippen LogP contribution in [0.3, 0.4) is 0 Å². The van der Waals surface area contributed by atoms with E-state index < -0.39 is 18.0 Å². The molecule has 8 nitrogen and oxygen atoms in total. The second kappa shape index (κ2) is 7.19. The molecule has 0 fully saturated rings. The molecule has 0 saturated carbocycles. The molecule has 108 valence electrons. The van der Waals surface area contributed by atoms with Gasteiger partial charge < -0.3 is 26.8 Å². The molecule has 0 saturated heterocycles. The van der Waals surface area contributed by atoms with Gasteiger partial charge in [-0.3, -0.25) is 0 Å². The maximum Gasteiger partial charge on any atom is 0.337 e. The van der Waals surface area contributed by atoms with Crippen LogP contribution in [0.2, 0.25) is 5.02 Å². The molecule has 0 spiro atoms. The van der Waals surface area contributed by atoms with Crippen LogP contribution in [0.4, 0.5) is 15.3 Å². The number of carboxylic acid groups (broad SMARTS) is 1. The van der Waals surface area contributed by atoms with E-state index in [-0.39, 0.29) is 29.4 Å². The molecule has 0 atom stereocenters. The SMILES string of the molecule is NC(=O)NCCNC(=O)Nc1ccc(Cl)cc1C(=O)O. The Morgan fingerprint density at radius 2 is 1.85 bits per heavy atom. The molecule has 20 heavy (non-hydrogen) atoms. The summed E-state index contributed by atoms with van der Waals surface area (Å²) in [6, 6.07) is 2.76. The van der Waals surface area contributed by atoms with Crippen molar-refractivity contribution in [3.8, 4) is 0 Å². The molecular weight excluding hydrogens is 288 g/mol. The van der Waals surface area contributed by atoms with Crippen LogP contribution in [0.5, 0.6) is 0 Å². The zero-order chi connectivity index (χ0) is 15.1. The van der Waals surface area contributed by atoms with Gasteiger partial charge in [-0.15, -0.1) is 0 Å². The number of carboxylic acids is 1. The van der Waals surface area contributed by atoms with Gasteiger partial charge in [-0.2, -0.15) is 0 Å². The number of primary amides is 1. The Labute approximate surface area is 119 Å². The van der Waals surface area contributed by atoms with Crippen molar-refractivity contribution in [3.63, 3.8) is 0 Å². The van der Waals surface area contributed by atoms with Gasteiger partial charge in [0.15, 0.2) is 0 Å². The van der Waals surface area contributed by atoms with E-state index in [0.717, 1.165) is 0 Å². The number of halogens is 1.